The zero-order valence-corrected chi connectivity index (χ0v) is 14.3. The van der Waals surface area contributed by atoms with Gasteiger partial charge in [-0.1, -0.05) is 13.3 Å². The quantitative estimate of drug-likeness (QED) is 0.909. The molecule has 0 aliphatic heterocycles. The summed E-state index contributed by atoms with van der Waals surface area (Å²) < 4.78 is 29.2. The van der Waals surface area contributed by atoms with Crippen molar-refractivity contribution in [2.24, 2.45) is 0 Å². The van der Waals surface area contributed by atoms with Gasteiger partial charge in [-0.2, -0.15) is 5.10 Å². The van der Waals surface area contributed by atoms with Crippen LogP contribution in [0.25, 0.3) is 0 Å². The monoisotopic (exact) mass is 313 g/mol. The molecule has 21 heavy (non-hydrogen) atoms. The Labute approximate surface area is 128 Å². The van der Waals surface area contributed by atoms with E-state index in [2.05, 4.69) is 30.6 Å². The van der Waals surface area contributed by atoms with Crippen LogP contribution in [0.5, 0.6) is 0 Å². The van der Waals surface area contributed by atoms with Crippen molar-refractivity contribution in [3.05, 3.63) is 17.5 Å². The highest BCUT2D eigenvalue weighted by molar-refractivity contribution is 7.89. The molecule has 0 radical (unpaired) electrons. The van der Waals surface area contributed by atoms with E-state index in [-0.39, 0.29) is 17.3 Å². The van der Waals surface area contributed by atoms with Crippen LogP contribution in [0.3, 0.4) is 0 Å². The molecule has 1 heterocycles. The highest BCUT2D eigenvalue weighted by Crippen LogP contribution is 2.32. The zero-order valence-electron chi connectivity index (χ0n) is 13.5. The Bertz CT molecular complexity index is 585. The number of hydrogen-bond acceptors (Lipinski definition) is 3. The maximum atomic E-state index is 12.1. The van der Waals surface area contributed by atoms with E-state index < -0.39 is 10.0 Å². The van der Waals surface area contributed by atoms with Crippen LogP contribution in [-0.4, -0.2) is 24.0 Å². The molecule has 1 aromatic rings. The van der Waals surface area contributed by atoms with Gasteiger partial charge >= 0.3 is 0 Å². The maximum absolute atomic E-state index is 12.1. The van der Waals surface area contributed by atoms with Gasteiger partial charge in [-0.05, 0) is 46.5 Å². The van der Waals surface area contributed by atoms with Crippen LogP contribution in [-0.2, 0) is 22.0 Å². The van der Waals surface area contributed by atoms with Gasteiger partial charge < -0.3 is 0 Å². The van der Waals surface area contributed by atoms with Crippen molar-refractivity contribution >= 4 is 10.0 Å². The highest BCUT2D eigenvalue weighted by atomic mass is 32.2. The molecule has 0 unspecified atom stereocenters. The summed E-state index contributed by atoms with van der Waals surface area (Å²) in [6, 6.07) is -0.119. The molecule has 120 valence electrons. The Morgan fingerprint density at radius 1 is 1.43 bits per heavy atom. The lowest BCUT2D eigenvalue weighted by Gasteiger charge is -2.28. The van der Waals surface area contributed by atoms with Gasteiger partial charge in [0.05, 0.1) is 23.5 Å². The number of unbranched alkanes of at least 4 members (excludes halogenated alkanes) is 1. The van der Waals surface area contributed by atoms with Gasteiger partial charge in [-0.3, -0.25) is 4.68 Å². The Morgan fingerprint density at radius 2 is 2.14 bits per heavy atom. The van der Waals surface area contributed by atoms with Gasteiger partial charge in [0.1, 0.15) is 0 Å². The van der Waals surface area contributed by atoms with Crippen LogP contribution >= 0.6 is 0 Å². The number of rotatable bonds is 5. The molecule has 0 saturated heterocycles. The zero-order chi connectivity index (χ0) is 15.7. The van der Waals surface area contributed by atoms with Crippen molar-refractivity contribution < 1.29 is 8.42 Å². The van der Waals surface area contributed by atoms with E-state index in [0.717, 1.165) is 31.2 Å². The summed E-state index contributed by atoms with van der Waals surface area (Å²) in [6.07, 6.45) is 6.26. The van der Waals surface area contributed by atoms with Crippen LogP contribution in [0, 0.1) is 0 Å². The molecule has 6 heteroatoms. The smallest absolute Gasteiger partial charge is 0.212 e. The summed E-state index contributed by atoms with van der Waals surface area (Å²) >= 11 is 0. The van der Waals surface area contributed by atoms with Gasteiger partial charge in [0.2, 0.25) is 10.0 Å². The van der Waals surface area contributed by atoms with Crippen molar-refractivity contribution in [2.75, 3.05) is 5.75 Å². The summed E-state index contributed by atoms with van der Waals surface area (Å²) in [5, 5.41) is 4.49. The van der Waals surface area contributed by atoms with E-state index in [4.69, 9.17) is 0 Å². The van der Waals surface area contributed by atoms with E-state index in [0.29, 0.717) is 6.42 Å². The Balaban J connectivity index is 2.22. The molecule has 0 bridgehead atoms. The average molecular weight is 313 g/mol. The summed E-state index contributed by atoms with van der Waals surface area (Å²) in [6.45, 7) is 8.36. The summed E-state index contributed by atoms with van der Waals surface area (Å²) in [4.78, 5) is 0. The third-order valence-corrected chi connectivity index (χ3v) is 5.38. The lowest BCUT2D eigenvalue weighted by Crippen LogP contribution is -2.33. The van der Waals surface area contributed by atoms with E-state index >= 15 is 0 Å². The number of sulfonamides is 1. The molecule has 0 amide bonds. The molecule has 1 atom stereocenters. The molecule has 2 rings (SSSR count). The van der Waals surface area contributed by atoms with Crippen LogP contribution in [0.1, 0.15) is 70.7 Å². The minimum Gasteiger partial charge on any atom is -0.264 e. The van der Waals surface area contributed by atoms with Crippen LogP contribution in [0.15, 0.2) is 6.20 Å². The lowest BCUT2D eigenvalue weighted by atomic mass is 9.93. The predicted octanol–water partition coefficient (Wildman–Crippen LogP) is 2.74. The van der Waals surface area contributed by atoms with Crippen molar-refractivity contribution in [2.45, 2.75) is 71.4 Å². The molecule has 1 N–H and O–H groups in total. The number of nitrogens with one attached hydrogen (secondary N) is 1. The number of aromatic nitrogens is 2. The largest absolute Gasteiger partial charge is 0.264 e. The molecule has 0 fully saturated rings. The van der Waals surface area contributed by atoms with Gasteiger partial charge in [-0.25, -0.2) is 13.1 Å². The number of nitrogens with zero attached hydrogens (tertiary/aromatic N) is 2. The molecule has 0 spiro atoms. The molecule has 0 aromatic carbocycles. The summed E-state index contributed by atoms with van der Waals surface area (Å²) in [7, 11) is -3.20. The SMILES string of the molecule is CCCCS(=O)(=O)N[C@@H]1CCCc2c1cnn2C(C)(C)C. The van der Waals surface area contributed by atoms with Crippen molar-refractivity contribution in [1.29, 1.82) is 0 Å². The van der Waals surface area contributed by atoms with Crippen molar-refractivity contribution in [1.82, 2.24) is 14.5 Å². The van der Waals surface area contributed by atoms with Crippen LogP contribution < -0.4 is 4.72 Å². The molecule has 1 aliphatic rings. The Hall–Kier alpha value is -0.880. The third kappa shape index (κ3) is 3.86. The summed E-state index contributed by atoms with van der Waals surface area (Å²) in [5.41, 5.74) is 2.16. The van der Waals surface area contributed by atoms with E-state index in [1.54, 1.807) is 0 Å². The van der Waals surface area contributed by atoms with Gasteiger partial charge in [0, 0.05) is 11.3 Å². The van der Waals surface area contributed by atoms with Crippen LogP contribution in [0.2, 0.25) is 0 Å². The fourth-order valence-electron chi connectivity index (χ4n) is 2.87. The first-order valence-electron chi connectivity index (χ1n) is 7.82. The second kappa shape index (κ2) is 6.08. The van der Waals surface area contributed by atoms with Gasteiger partial charge in [0.15, 0.2) is 0 Å². The maximum Gasteiger partial charge on any atom is 0.212 e. The van der Waals surface area contributed by atoms with Gasteiger partial charge in [0.25, 0.3) is 0 Å². The molecule has 1 aromatic heterocycles. The fraction of sp³-hybridized carbons (Fsp3) is 0.800. The number of fused-ring (bicyclic) bond motifs is 1. The van der Waals surface area contributed by atoms with E-state index in [1.165, 1.54) is 5.69 Å². The van der Waals surface area contributed by atoms with Crippen LogP contribution in [0.4, 0.5) is 0 Å². The Morgan fingerprint density at radius 3 is 2.76 bits per heavy atom. The standard InChI is InChI=1S/C15H27N3O2S/c1-5-6-10-21(19,20)17-13-8-7-9-14-12(13)11-16-18(14)15(2,3)4/h11,13,17H,5-10H2,1-4H3/t13-/m1/s1. The second-order valence-electron chi connectivity index (χ2n) is 6.86. The lowest BCUT2D eigenvalue weighted by molar-refractivity contribution is 0.336. The first kappa shape index (κ1) is 16.5. The predicted molar refractivity (Wildman–Crippen MR) is 84.7 cm³/mol. The van der Waals surface area contributed by atoms with Gasteiger partial charge in [-0.15, -0.1) is 0 Å². The first-order valence-corrected chi connectivity index (χ1v) is 9.47. The summed E-state index contributed by atoms with van der Waals surface area (Å²) in [5.74, 6) is 0.211. The van der Waals surface area contributed by atoms with Crippen molar-refractivity contribution in [3.63, 3.8) is 0 Å². The first-order chi connectivity index (χ1) is 9.74. The highest BCUT2D eigenvalue weighted by Gasteiger charge is 2.30. The Kier molecular flexibility index (Phi) is 4.78. The minimum absolute atomic E-state index is 0.0729. The van der Waals surface area contributed by atoms with Crippen molar-refractivity contribution in [3.8, 4) is 0 Å². The molecular formula is C15H27N3O2S. The molecule has 5 nitrogen and oxygen atoms in total. The molecular weight excluding hydrogens is 286 g/mol. The molecule has 0 saturated carbocycles. The third-order valence-electron chi connectivity index (χ3n) is 3.91. The topological polar surface area (TPSA) is 64.0 Å². The second-order valence-corrected chi connectivity index (χ2v) is 8.74. The van der Waals surface area contributed by atoms with E-state index in [1.807, 2.05) is 17.8 Å². The fourth-order valence-corrected chi connectivity index (χ4v) is 4.33. The normalized spacial score (nSPS) is 19.5. The number of hydrogen-bond donors (Lipinski definition) is 1. The average Bonchev–Trinajstić information content (AvgIpc) is 2.81. The van der Waals surface area contributed by atoms with E-state index in [9.17, 15) is 8.42 Å². The minimum atomic E-state index is -3.20. The molecule has 1 aliphatic carbocycles.